The van der Waals surface area contributed by atoms with Gasteiger partial charge in [-0.2, -0.15) is 0 Å². The molecule has 0 saturated heterocycles. The highest BCUT2D eigenvalue weighted by molar-refractivity contribution is 6.23. The lowest BCUT2D eigenvalue weighted by Crippen LogP contribution is -2.44. The highest BCUT2D eigenvalue weighted by atomic mass is 16.8. The molecule has 0 atom stereocenters. The fourth-order valence-corrected chi connectivity index (χ4v) is 2.97. The molecule has 6 heteroatoms. The first-order valence-electron chi connectivity index (χ1n) is 7.75. The van der Waals surface area contributed by atoms with E-state index in [9.17, 15) is 4.79 Å². The average Bonchev–Trinajstić information content (AvgIpc) is 2.70. The minimum Gasteiger partial charge on any atom is -0.468 e. The van der Waals surface area contributed by atoms with Crippen molar-refractivity contribution in [2.45, 2.75) is 33.2 Å². The summed E-state index contributed by atoms with van der Waals surface area (Å²) < 4.78 is 15.8. The second-order valence-electron chi connectivity index (χ2n) is 6.22. The number of ether oxygens (including phenoxy) is 3. The number of nitrogens with zero attached hydrogens (tertiary/aromatic N) is 1. The zero-order chi connectivity index (χ0) is 17.9. The molecular weight excluding hydrogens is 310 g/mol. The zero-order valence-corrected chi connectivity index (χ0v) is 15.1. The van der Waals surface area contributed by atoms with Crippen molar-refractivity contribution in [3.05, 3.63) is 40.6 Å². The Labute approximate surface area is 142 Å². The third kappa shape index (κ3) is 3.17. The lowest BCUT2D eigenvalue weighted by atomic mass is 9.93. The molecule has 0 fully saturated rings. The van der Waals surface area contributed by atoms with Gasteiger partial charge in [-0.25, -0.2) is 9.90 Å². The summed E-state index contributed by atoms with van der Waals surface area (Å²) in [5.74, 6) is 0.281. The van der Waals surface area contributed by atoms with Crippen molar-refractivity contribution in [1.29, 1.82) is 0 Å². The van der Waals surface area contributed by atoms with Crippen LogP contribution in [0, 0.1) is 13.8 Å². The molecule has 0 N–H and O–H groups in total. The lowest BCUT2D eigenvalue weighted by Gasteiger charge is -2.31. The number of hydroxylamine groups is 2. The van der Waals surface area contributed by atoms with Crippen molar-refractivity contribution >= 4 is 11.5 Å². The third-order valence-corrected chi connectivity index (χ3v) is 4.04. The van der Waals surface area contributed by atoms with Gasteiger partial charge in [0.1, 0.15) is 11.3 Å². The minimum absolute atomic E-state index is 0.0211. The van der Waals surface area contributed by atoms with Crippen molar-refractivity contribution < 1.29 is 23.8 Å². The first-order chi connectivity index (χ1) is 11.4. The molecule has 1 amide bonds. The molecule has 0 saturated carbocycles. The molecule has 0 radical (unpaired) electrons. The van der Waals surface area contributed by atoms with Gasteiger partial charge in [-0.3, -0.25) is 4.79 Å². The average molecular weight is 335 g/mol. The van der Waals surface area contributed by atoms with Gasteiger partial charge in [0.25, 0.3) is 5.91 Å². The van der Waals surface area contributed by atoms with Crippen LogP contribution >= 0.6 is 0 Å². The molecule has 0 spiro atoms. The van der Waals surface area contributed by atoms with E-state index in [2.05, 4.69) is 0 Å². The Balaban J connectivity index is 2.59. The van der Waals surface area contributed by atoms with Gasteiger partial charge in [0.05, 0.1) is 5.57 Å². The number of carbonyl (C=O) groups is 1. The van der Waals surface area contributed by atoms with Crippen molar-refractivity contribution in [2.24, 2.45) is 0 Å². The van der Waals surface area contributed by atoms with Crippen LogP contribution in [0.15, 0.2) is 24.0 Å². The number of rotatable bonds is 7. The summed E-state index contributed by atoms with van der Waals surface area (Å²) in [6.45, 7) is 7.72. The predicted molar refractivity (Wildman–Crippen MR) is 89.7 cm³/mol. The summed E-state index contributed by atoms with van der Waals surface area (Å²) in [4.78, 5) is 18.6. The Kier molecular flexibility index (Phi) is 5.64. The fraction of sp³-hybridized carbons (Fsp3) is 0.500. The molecule has 1 aliphatic rings. The molecule has 132 valence electrons. The van der Waals surface area contributed by atoms with Gasteiger partial charge in [0.15, 0.2) is 13.6 Å². The quantitative estimate of drug-likeness (QED) is 0.717. The van der Waals surface area contributed by atoms with E-state index < -0.39 is 5.54 Å². The van der Waals surface area contributed by atoms with E-state index in [1.165, 1.54) is 12.2 Å². The maximum absolute atomic E-state index is 13.1. The molecule has 1 aliphatic heterocycles. The summed E-state index contributed by atoms with van der Waals surface area (Å²) in [5, 5.41) is 1.31. The van der Waals surface area contributed by atoms with Crippen LogP contribution in [0.4, 0.5) is 0 Å². The van der Waals surface area contributed by atoms with E-state index in [0.29, 0.717) is 11.3 Å². The van der Waals surface area contributed by atoms with Crippen molar-refractivity contribution in [3.63, 3.8) is 0 Å². The van der Waals surface area contributed by atoms with Gasteiger partial charge >= 0.3 is 0 Å². The van der Waals surface area contributed by atoms with Crippen LogP contribution in [0.5, 0.6) is 0 Å². The summed E-state index contributed by atoms with van der Waals surface area (Å²) >= 11 is 0. The topological polar surface area (TPSA) is 57.2 Å². The number of amides is 1. The van der Waals surface area contributed by atoms with Gasteiger partial charge in [-0.1, -0.05) is 18.2 Å². The molecule has 1 aromatic rings. The first kappa shape index (κ1) is 18.4. The Morgan fingerprint density at radius 2 is 1.62 bits per heavy atom. The monoisotopic (exact) mass is 335 g/mol. The third-order valence-electron chi connectivity index (χ3n) is 4.04. The number of methoxy groups -OCH3 is 2. The summed E-state index contributed by atoms with van der Waals surface area (Å²) in [6.07, 6.45) is 0. The van der Waals surface area contributed by atoms with Crippen LogP contribution in [0.2, 0.25) is 0 Å². The van der Waals surface area contributed by atoms with Gasteiger partial charge in [0, 0.05) is 14.2 Å². The van der Waals surface area contributed by atoms with E-state index in [-0.39, 0.29) is 19.5 Å². The normalized spacial score (nSPS) is 16.9. The molecular formula is C18H25NO5. The number of benzene rings is 1. The van der Waals surface area contributed by atoms with Crippen LogP contribution < -0.4 is 0 Å². The Morgan fingerprint density at radius 3 is 2.17 bits per heavy atom. The van der Waals surface area contributed by atoms with Gasteiger partial charge in [-0.05, 0) is 44.4 Å². The molecule has 0 unspecified atom stereocenters. The first-order valence-corrected chi connectivity index (χ1v) is 7.75. The number of hydrogen-bond acceptors (Lipinski definition) is 5. The molecule has 0 aromatic heterocycles. The van der Waals surface area contributed by atoms with Gasteiger partial charge in [-0.15, -0.1) is 0 Å². The largest absolute Gasteiger partial charge is 0.468 e. The second kappa shape index (κ2) is 7.34. The number of hydrogen-bond donors (Lipinski definition) is 0. The zero-order valence-electron chi connectivity index (χ0n) is 15.1. The Bertz CT molecular complexity index is 631. The van der Waals surface area contributed by atoms with Gasteiger partial charge in [0.2, 0.25) is 0 Å². The Morgan fingerprint density at radius 1 is 1.04 bits per heavy atom. The van der Waals surface area contributed by atoms with Crippen LogP contribution in [0.3, 0.4) is 0 Å². The maximum Gasteiger partial charge on any atom is 0.282 e. The standard InChI is InChI=1S/C18H25NO5/c1-12-8-7-9-13(2)14(12)15-16(23-10-21-5)18(3,4)19(17(15)20)24-11-22-6/h7-9H,10-11H2,1-6H3. The smallest absolute Gasteiger partial charge is 0.282 e. The van der Waals surface area contributed by atoms with Crippen LogP contribution in [-0.2, 0) is 23.8 Å². The number of aryl methyl sites for hydroxylation is 2. The fourth-order valence-electron chi connectivity index (χ4n) is 2.97. The van der Waals surface area contributed by atoms with Crippen LogP contribution in [0.1, 0.15) is 30.5 Å². The molecule has 0 aliphatic carbocycles. The Hall–Kier alpha value is -1.89. The van der Waals surface area contributed by atoms with E-state index >= 15 is 0 Å². The molecule has 1 heterocycles. The van der Waals surface area contributed by atoms with Crippen molar-refractivity contribution in [2.75, 3.05) is 27.8 Å². The minimum atomic E-state index is -0.780. The molecule has 1 aromatic carbocycles. The van der Waals surface area contributed by atoms with E-state index in [0.717, 1.165) is 16.7 Å². The second-order valence-corrected chi connectivity index (χ2v) is 6.22. The van der Waals surface area contributed by atoms with E-state index in [1.54, 1.807) is 7.11 Å². The summed E-state index contributed by atoms with van der Waals surface area (Å²) in [5.41, 5.74) is 2.59. The molecule has 24 heavy (non-hydrogen) atoms. The van der Waals surface area contributed by atoms with Crippen molar-refractivity contribution in [3.8, 4) is 0 Å². The van der Waals surface area contributed by atoms with Crippen LogP contribution in [0.25, 0.3) is 5.57 Å². The lowest BCUT2D eigenvalue weighted by molar-refractivity contribution is -0.240. The summed E-state index contributed by atoms with van der Waals surface area (Å²) in [7, 11) is 3.05. The van der Waals surface area contributed by atoms with E-state index in [4.69, 9.17) is 19.0 Å². The number of carbonyl (C=O) groups excluding carboxylic acids is 1. The molecule has 6 nitrogen and oxygen atoms in total. The molecule has 0 bridgehead atoms. The highest BCUT2D eigenvalue weighted by Crippen LogP contribution is 2.42. The van der Waals surface area contributed by atoms with E-state index in [1.807, 2.05) is 45.9 Å². The predicted octanol–water partition coefficient (Wildman–Crippen LogP) is 2.79. The van der Waals surface area contributed by atoms with Crippen molar-refractivity contribution in [1.82, 2.24) is 5.06 Å². The highest BCUT2D eigenvalue weighted by Gasteiger charge is 2.49. The summed E-state index contributed by atoms with van der Waals surface area (Å²) in [6, 6.07) is 5.92. The molecule has 2 rings (SSSR count). The SMILES string of the molecule is COCOC1=C(c2c(C)cccc2C)C(=O)N(OCOC)C1(C)C. The van der Waals surface area contributed by atoms with Gasteiger partial charge < -0.3 is 14.2 Å². The maximum atomic E-state index is 13.1. The van der Waals surface area contributed by atoms with Crippen LogP contribution in [-0.4, -0.2) is 44.3 Å².